The third-order valence-electron chi connectivity index (χ3n) is 3.23. The highest BCUT2D eigenvalue weighted by Gasteiger charge is 2.25. The molecule has 3 N–H and O–H groups in total. The van der Waals surface area contributed by atoms with Gasteiger partial charge in [-0.05, 0) is 19.1 Å². The van der Waals surface area contributed by atoms with Crippen LogP contribution >= 0.6 is 23.2 Å². The number of carboxylic acid groups (broad SMARTS) is 1. The number of ketones is 1. The van der Waals surface area contributed by atoms with E-state index in [0.717, 1.165) is 13.0 Å². The fourth-order valence-corrected chi connectivity index (χ4v) is 2.72. The quantitative estimate of drug-likeness (QED) is 0.793. The van der Waals surface area contributed by atoms with E-state index in [2.05, 4.69) is 4.98 Å². The summed E-state index contributed by atoms with van der Waals surface area (Å²) in [6, 6.07) is 2.18. The average molecular weight is 373 g/mol. The summed E-state index contributed by atoms with van der Waals surface area (Å²) in [6.45, 7) is 1.16. The van der Waals surface area contributed by atoms with Gasteiger partial charge in [0, 0.05) is 5.56 Å². The number of aromatic nitrogens is 1. The maximum atomic E-state index is 14.3. The fourth-order valence-electron chi connectivity index (χ4n) is 2.13. The number of anilines is 1. The van der Waals surface area contributed by atoms with Gasteiger partial charge in [-0.15, -0.1) is 0 Å². The van der Waals surface area contributed by atoms with E-state index < -0.39 is 28.3 Å². The van der Waals surface area contributed by atoms with E-state index in [-0.39, 0.29) is 33.3 Å². The first-order valence-electron chi connectivity index (χ1n) is 6.45. The van der Waals surface area contributed by atoms with Crippen LogP contribution in [0.1, 0.15) is 27.8 Å². The first-order chi connectivity index (χ1) is 11.2. The van der Waals surface area contributed by atoms with Gasteiger partial charge in [0.25, 0.3) is 0 Å². The number of aromatic carboxylic acids is 1. The smallest absolute Gasteiger partial charge is 0.356 e. The molecule has 1 aromatic heterocycles. The number of nitrogens with zero attached hydrogens (tertiary/aromatic N) is 1. The van der Waals surface area contributed by atoms with Crippen molar-refractivity contribution < 1.29 is 23.8 Å². The molecule has 0 unspecified atom stereocenters. The lowest BCUT2D eigenvalue weighted by atomic mass is 10.0. The fraction of sp³-hybridized carbons (Fsp3) is 0.133. The van der Waals surface area contributed by atoms with Gasteiger partial charge >= 0.3 is 5.97 Å². The summed E-state index contributed by atoms with van der Waals surface area (Å²) in [7, 11) is 1.32. The van der Waals surface area contributed by atoms with Gasteiger partial charge in [0.1, 0.15) is 11.6 Å². The molecule has 0 aliphatic rings. The molecule has 1 aromatic carbocycles. The Hall–Kier alpha value is -2.38. The number of methoxy groups -OCH3 is 1. The topological polar surface area (TPSA) is 103 Å². The monoisotopic (exact) mass is 372 g/mol. The van der Waals surface area contributed by atoms with Crippen LogP contribution in [0.5, 0.6) is 5.75 Å². The number of rotatable bonds is 4. The highest BCUT2D eigenvalue weighted by molar-refractivity contribution is 6.37. The zero-order valence-electron chi connectivity index (χ0n) is 12.5. The molecule has 6 nitrogen and oxygen atoms in total. The zero-order chi connectivity index (χ0) is 18.2. The Balaban J connectivity index is 2.90. The van der Waals surface area contributed by atoms with Gasteiger partial charge in [-0.25, -0.2) is 14.2 Å². The van der Waals surface area contributed by atoms with E-state index in [1.807, 2.05) is 0 Å². The van der Waals surface area contributed by atoms with Gasteiger partial charge in [0.2, 0.25) is 0 Å². The van der Waals surface area contributed by atoms with Gasteiger partial charge in [-0.3, -0.25) is 4.79 Å². The second kappa shape index (κ2) is 6.62. The van der Waals surface area contributed by atoms with Crippen LogP contribution in [-0.4, -0.2) is 29.0 Å². The SMILES string of the molecule is COc1cc(-c2nc(C(=O)O)c(Cl)c(C(C)=O)c2N)c(F)cc1Cl. The minimum atomic E-state index is -1.48. The first-order valence-corrected chi connectivity index (χ1v) is 7.21. The largest absolute Gasteiger partial charge is 0.495 e. The van der Waals surface area contributed by atoms with Crippen LogP contribution in [-0.2, 0) is 0 Å². The molecule has 0 aliphatic heterocycles. The lowest BCUT2D eigenvalue weighted by Crippen LogP contribution is -2.12. The number of carbonyl (C=O) groups is 2. The number of benzene rings is 1. The Kier molecular flexibility index (Phi) is 4.96. The van der Waals surface area contributed by atoms with E-state index in [0.29, 0.717) is 0 Å². The summed E-state index contributed by atoms with van der Waals surface area (Å²) in [5.74, 6) is -2.74. The van der Waals surface area contributed by atoms with Crippen molar-refractivity contribution in [2.75, 3.05) is 12.8 Å². The highest BCUT2D eigenvalue weighted by Crippen LogP contribution is 2.38. The number of hydrogen-bond donors (Lipinski definition) is 2. The average Bonchev–Trinajstić information content (AvgIpc) is 2.47. The van der Waals surface area contributed by atoms with Crippen LogP contribution < -0.4 is 10.5 Å². The number of hydrogen-bond acceptors (Lipinski definition) is 5. The van der Waals surface area contributed by atoms with Crippen molar-refractivity contribution in [1.29, 1.82) is 0 Å². The minimum Gasteiger partial charge on any atom is -0.495 e. The van der Waals surface area contributed by atoms with Crippen LogP contribution in [0.25, 0.3) is 11.3 Å². The molecule has 0 spiro atoms. The molecule has 0 saturated carbocycles. The molecule has 2 aromatic rings. The third-order valence-corrected chi connectivity index (χ3v) is 3.89. The van der Waals surface area contributed by atoms with Crippen LogP contribution in [0, 0.1) is 5.82 Å². The molecule has 0 bridgehead atoms. The van der Waals surface area contributed by atoms with Crippen molar-refractivity contribution in [3.63, 3.8) is 0 Å². The van der Waals surface area contributed by atoms with Crippen molar-refractivity contribution in [1.82, 2.24) is 4.98 Å². The maximum absolute atomic E-state index is 14.3. The number of Topliss-reactive ketones (excluding diaryl/α,β-unsaturated/α-hetero) is 1. The molecule has 0 fully saturated rings. The Morgan fingerprint density at radius 1 is 1.33 bits per heavy atom. The van der Waals surface area contributed by atoms with Crippen LogP contribution in [0.15, 0.2) is 12.1 Å². The van der Waals surface area contributed by atoms with Crippen molar-refractivity contribution in [2.45, 2.75) is 6.92 Å². The number of carboxylic acids is 1. The Bertz CT molecular complexity index is 871. The van der Waals surface area contributed by atoms with E-state index >= 15 is 0 Å². The standard InChI is InChI=1S/C15H11Cl2FN2O4/c1-5(21)10-11(17)14(15(22)23)20-13(12(10)19)6-3-9(24-2)7(16)4-8(6)18/h3-4H,19H2,1-2H3,(H,22,23). The van der Waals surface area contributed by atoms with Crippen molar-refractivity contribution >= 4 is 40.6 Å². The molecule has 0 amide bonds. The normalized spacial score (nSPS) is 10.5. The van der Waals surface area contributed by atoms with Crippen LogP contribution in [0.2, 0.25) is 10.0 Å². The van der Waals surface area contributed by atoms with E-state index in [9.17, 15) is 19.1 Å². The molecular formula is C15H11Cl2FN2O4. The van der Waals surface area contributed by atoms with Crippen LogP contribution in [0.3, 0.4) is 0 Å². The Morgan fingerprint density at radius 2 is 1.96 bits per heavy atom. The second-order valence-corrected chi connectivity index (χ2v) is 5.52. The molecule has 126 valence electrons. The lowest BCUT2D eigenvalue weighted by Gasteiger charge is -2.14. The molecule has 0 saturated heterocycles. The molecular weight excluding hydrogens is 362 g/mol. The molecule has 24 heavy (non-hydrogen) atoms. The number of halogens is 3. The summed E-state index contributed by atoms with van der Waals surface area (Å²) >= 11 is 11.7. The van der Waals surface area contributed by atoms with E-state index in [4.69, 9.17) is 33.7 Å². The molecule has 9 heteroatoms. The number of ether oxygens (including phenoxy) is 1. The highest BCUT2D eigenvalue weighted by atomic mass is 35.5. The summed E-state index contributed by atoms with van der Waals surface area (Å²) in [6.07, 6.45) is 0. The molecule has 0 aliphatic carbocycles. The first kappa shape index (κ1) is 18.0. The summed E-state index contributed by atoms with van der Waals surface area (Å²) in [5, 5.41) is 8.82. The predicted molar refractivity (Wildman–Crippen MR) is 87.6 cm³/mol. The van der Waals surface area contributed by atoms with Crippen molar-refractivity contribution in [3.05, 3.63) is 39.3 Å². The number of pyridine rings is 1. The van der Waals surface area contributed by atoms with E-state index in [1.54, 1.807) is 0 Å². The Morgan fingerprint density at radius 3 is 2.46 bits per heavy atom. The Labute approximate surface area is 146 Å². The molecule has 0 radical (unpaired) electrons. The van der Waals surface area contributed by atoms with Gasteiger partial charge in [-0.1, -0.05) is 23.2 Å². The molecule has 1 heterocycles. The second-order valence-electron chi connectivity index (χ2n) is 4.74. The number of nitrogens with two attached hydrogens (primary N) is 1. The van der Waals surface area contributed by atoms with Crippen molar-refractivity contribution in [2.24, 2.45) is 0 Å². The van der Waals surface area contributed by atoms with Gasteiger partial charge in [0.05, 0.1) is 34.1 Å². The van der Waals surface area contributed by atoms with Gasteiger partial charge < -0.3 is 15.6 Å². The van der Waals surface area contributed by atoms with E-state index in [1.165, 1.54) is 13.2 Å². The van der Waals surface area contributed by atoms with Crippen molar-refractivity contribution in [3.8, 4) is 17.0 Å². The number of nitrogen functional groups attached to an aromatic ring is 1. The maximum Gasteiger partial charge on any atom is 0.356 e. The van der Waals surface area contributed by atoms with Crippen LogP contribution in [0.4, 0.5) is 10.1 Å². The lowest BCUT2D eigenvalue weighted by molar-refractivity contribution is 0.0691. The minimum absolute atomic E-state index is 0.0107. The zero-order valence-corrected chi connectivity index (χ0v) is 14.0. The summed E-state index contributed by atoms with van der Waals surface area (Å²) in [5.41, 5.74) is 4.38. The third kappa shape index (κ3) is 3.00. The molecule has 2 rings (SSSR count). The predicted octanol–water partition coefficient (Wildman–Crippen LogP) is 3.69. The summed E-state index contributed by atoms with van der Waals surface area (Å²) in [4.78, 5) is 26.9. The van der Waals surface area contributed by atoms with Gasteiger partial charge in [-0.2, -0.15) is 0 Å². The molecule has 0 atom stereocenters. The van der Waals surface area contributed by atoms with Gasteiger partial charge in [0.15, 0.2) is 11.5 Å². The number of carbonyl (C=O) groups excluding carboxylic acids is 1. The summed E-state index contributed by atoms with van der Waals surface area (Å²) < 4.78 is 19.3.